The molecule has 3 nitrogen and oxygen atoms in total. The number of nitrogens with zero attached hydrogens (tertiary/aromatic N) is 2. The van der Waals surface area contributed by atoms with Crippen molar-refractivity contribution < 1.29 is 0 Å². The van der Waals surface area contributed by atoms with Gasteiger partial charge in [-0.05, 0) is 42.3 Å². The number of benzene rings is 1. The predicted octanol–water partition coefficient (Wildman–Crippen LogP) is 3.41. The zero-order valence-corrected chi connectivity index (χ0v) is 9.94. The molecular weight excluding hydrogens is 222 g/mol. The summed E-state index contributed by atoms with van der Waals surface area (Å²) in [4.78, 5) is 7.22. The van der Waals surface area contributed by atoms with Crippen molar-refractivity contribution in [1.82, 2.24) is 9.97 Å². The summed E-state index contributed by atoms with van der Waals surface area (Å²) in [5.74, 6) is 0. The number of nitrogens with one attached hydrogen (secondary N) is 1. The van der Waals surface area contributed by atoms with Gasteiger partial charge in [0.05, 0.1) is 0 Å². The number of aryl methyl sites for hydroxylation is 1. The molecule has 0 radical (unpaired) electrons. The number of fused-ring (bicyclic) bond motifs is 1. The second-order valence-corrected chi connectivity index (χ2v) is 4.29. The highest BCUT2D eigenvalue weighted by atomic mass is 14.7. The van der Waals surface area contributed by atoms with Gasteiger partial charge in [0.2, 0.25) is 0 Å². The number of aromatic amines is 1. The minimum atomic E-state index is 0.588. The number of H-pyrrole nitrogens is 1. The third-order valence-electron chi connectivity index (χ3n) is 3.09. The van der Waals surface area contributed by atoms with E-state index in [1.807, 2.05) is 30.5 Å². The number of hydrogen-bond donors (Lipinski definition) is 1. The van der Waals surface area contributed by atoms with E-state index in [1.165, 1.54) is 5.56 Å². The summed E-state index contributed by atoms with van der Waals surface area (Å²) >= 11 is 0. The van der Waals surface area contributed by atoms with Gasteiger partial charge in [0, 0.05) is 28.9 Å². The highest BCUT2D eigenvalue weighted by molar-refractivity contribution is 5.86. The fourth-order valence-corrected chi connectivity index (χ4v) is 2.13. The maximum absolute atomic E-state index is 8.88. The Kier molecular flexibility index (Phi) is 2.35. The zero-order valence-electron chi connectivity index (χ0n) is 9.94. The Morgan fingerprint density at radius 3 is 2.89 bits per heavy atom. The molecular formula is C15H11N3. The van der Waals surface area contributed by atoms with Gasteiger partial charge in [-0.2, -0.15) is 5.26 Å². The van der Waals surface area contributed by atoms with Crippen molar-refractivity contribution in [2.45, 2.75) is 6.92 Å². The van der Waals surface area contributed by atoms with Crippen LogP contribution < -0.4 is 0 Å². The van der Waals surface area contributed by atoms with Crippen LogP contribution in [0.4, 0.5) is 0 Å². The Labute approximate surface area is 105 Å². The van der Waals surface area contributed by atoms with E-state index < -0.39 is 0 Å². The van der Waals surface area contributed by atoms with Gasteiger partial charge in [-0.3, -0.25) is 4.98 Å². The molecule has 2 heterocycles. The number of pyridine rings is 1. The third-order valence-corrected chi connectivity index (χ3v) is 3.09. The molecule has 0 aliphatic rings. The van der Waals surface area contributed by atoms with Crippen molar-refractivity contribution in [3.05, 3.63) is 54.0 Å². The Bertz CT molecular complexity index is 763. The molecule has 0 saturated carbocycles. The minimum Gasteiger partial charge on any atom is -0.346 e. The Morgan fingerprint density at radius 2 is 2.11 bits per heavy atom. The van der Waals surface area contributed by atoms with Gasteiger partial charge >= 0.3 is 0 Å². The molecule has 0 fully saturated rings. The summed E-state index contributed by atoms with van der Waals surface area (Å²) < 4.78 is 0. The first kappa shape index (κ1) is 10.5. The normalized spacial score (nSPS) is 10.4. The molecule has 3 rings (SSSR count). The number of nitriles is 1. The van der Waals surface area contributed by atoms with E-state index in [1.54, 1.807) is 6.20 Å². The number of aromatic nitrogens is 2. The van der Waals surface area contributed by atoms with Crippen molar-refractivity contribution in [2.24, 2.45) is 0 Å². The van der Waals surface area contributed by atoms with Crippen LogP contribution in [0.1, 0.15) is 11.3 Å². The summed E-state index contributed by atoms with van der Waals surface area (Å²) in [5, 5.41) is 9.93. The Balaban J connectivity index is 2.20. The van der Waals surface area contributed by atoms with E-state index in [0.29, 0.717) is 5.69 Å². The second kappa shape index (κ2) is 4.01. The van der Waals surface area contributed by atoms with Crippen LogP contribution in [0.5, 0.6) is 0 Å². The van der Waals surface area contributed by atoms with Gasteiger partial charge < -0.3 is 4.98 Å². The van der Waals surface area contributed by atoms with Crippen molar-refractivity contribution in [3.8, 4) is 17.2 Å². The predicted molar refractivity (Wildman–Crippen MR) is 71.0 cm³/mol. The van der Waals surface area contributed by atoms with Gasteiger partial charge in [0.15, 0.2) is 0 Å². The van der Waals surface area contributed by atoms with Crippen LogP contribution in [0.2, 0.25) is 0 Å². The highest BCUT2D eigenvalue weighted by Gasteiger charge is 2.05. The Hall–Kier alpha value is -2.60. The molecule has 0 amide bonds. The lowest BCUT2D eigenvalue weighted by Crippen LogP contribution is -1.84. The number of rotatable bonds is 1. The topological polar surface area (TPSA) is 52.5 Å². The van der Waals surface area contributed by atoms with Crippen LogP contribution in [0.15, 0.2) is 42.7 Å². The van der Waals surface area contributed by atoms with Gasteiger partial charge in [-0.1, -0.05) is 6.07 Å². The molecule has 0 bridgehead atoms. The zero-order chi connectivity index (χ0) is 12.5. The quantitative estimate of drug-likeness (QED) is 0.700. The SMILES string of the molecule is Cc1ccncc1-c1ccc2[nH]c(C#N)cc2c1. The lowest BCUT2D eigenvalue weighted by Gasteiger charge is -2.04. The van der Waals surface area contributed by atoms with Gasteiger partial charge in [-0.15, -0.1) is 0 Å². The lowest BCUT2D eigenvalue weighted by atomic mass is 10.0. The molecule has 0 saturated heterocycles. The largest absolute Gasteiger partial charge is 0.346 e. The summed E-state index contributed by atoms with van der Waals surface area (Å²) in [6, 6.07) is 12.1. The second-order valence-electron chi connectivity index (χ2n) is 4.29. The van der Waals surface area contributed by atoms with Crippen LogP contribution in [-0.2, 0) is 0 Å². The molecule has 86 valence electrons. The summed E-state index contributed by atoms with van der Waals surface area (Å²) in [6.07, 6.45) is 3.66. The Morgan fingerprint density at radius 1 is 1.22 bits per heavy atom. The molecule has 0 aliphatic carbocycles. The number of hydrogen-bond acceptors (Lipinski definition) is 2. The molecule has 0 spiro atoms. The minimum absolute atomic E-state index is 0.588. The first-order valence-corrected chi connectivity index (χ1v) is 5.72. The van der Waals surface area contributed by atoms with E-state index in [4.69, 9.17) is 5.26 Å². The third kappa shape index (κ3) is 1.64. The molecule has 3 aromatic rings. The van der Waals surface area contributed by atoms with Crippen molar-refractivity contribution in [1.29, 1.82) is 5.26 Å². The first-order chi connectivity index (χ1) is 8.78. The van der Waals surface area contributed by atoms with E-state index in [0.717, 1.165) is 22.0 Å². The maximum Gasteiger partial charge on any atom is 0.118 e. The highest BCUT2D eigenvalue weighted by Crippen LogP contribution is 2.26. The van der Waals surface area contributed by atoms with Gasteiger partial charge in [-0.25, -0.2) is 0 Å². The average Bonchev–Trinajstić information content (AvgIpc) is 2.81. The van der Waals surface area contributed by atoms with Crippen LogP contribution in [0, 0.1) is 18.3 Å². The molecule has 2 aromatic heterocycles. The molecule has 0 atom stereocenters. The van der Waals surface area contributed by atoms with E-state index in [2.05, 4.69) is 29.0 Å². The average molecular weight is 233 g/mol. The van der Waals surface area contributed by atoms with Crippen LogP contribution in [-0.4, -0.2) is 9.97 Å². The fourth-order valence-electron chi connectivity index (χ4n) is 2.13. The maximum atomic E-state index is 8.88. The van der Waals surface area contributed by atoms with Crippen molar-refractivity contribution in [2.75, 3.05) is 0 Å². The van der Waals surface area contributed by atoms with Crippen LogP contribution in [0.3, 0.4) is 0 Å². The molecule has 0 aliphatic heterocycles. The standard InChI is InChI=1S/C15H11N3/c1-10-4-5-17-9-14(10)11-2-3-15-12(6-11)7-13(8-16)18-15/h2-7,9,18H,1H3. The lowest BCUT2D eigenvalue weighted by molar-refractivity contribution is 1.29. The molecule has 18 heavy (non-hydrogen) atoms. The van der Waals surface area contributed by atoms with Crippen molar-refractivity contribution >= 4 is 10.9 Å². The fraction of sp³-hybridized carbons (Fsp3) is 0.0667. The summed E-state index contributed by atoms with van der Waals surface area (Å²) in [5.41, 5.74) is 5.01. The molecule has 1 N–H and O–H groups in total. The molecule has 3 heteroatoms. The van der Waals surface area contributed by atoms with E-state index in [9.17, 15) is 0 Å². The first-order valence-electron chi connectivity index (χ1n) is 5.72. The van der Waals surface area contributed by atoms with Gasteiger partial charge in [0.25, 0.3) is 0 Å². The molecule has 1 aromatic carbocycles. The molecule has 0 unspecified atom stereocenters. The monoisotopic (exact) mass is 233 g/mol. The summed E-state index contributed by atoms with van der Waals surface area (Å²) in [6.45, 7) is 2.07. The van der Waals surface area contributed by atoms with E-state index >= 15 is 0 Å². The summed E-state index contributed by atoms with van der Waals surface area (Å²) in [7, 11) is 0. The van der Waals surface area contributed by atoms with Gasteiger partial charge in [0.1, 0.15) is 11.8 Å². The van der Waals surface area contributed by atoms with Crippen molar-refractivity contribution in [3.63, 3.8) is 0 Å². The smallest absolute Gasteiger partial charge is 0.118 e. The van der Waals surface area contributed by atoms with Crippen LogP contribution in [0.25, 0.3) is 22.0 Å². The van der Waals surface area contributed by atoms with E-state index in [-0.39, 0.29) is 0 Å². The van der Waals surface area contributed by atoms with Crippen LogP contribution >= 0.6 is 0 Å².